The van der Waals surface area contributed by atoms with Crippen LogP contribution in [0.25, 0.3) is 5.69 Å². The molecule has 9 heteroatoms. The predicted molar refractivity (Wildman–Crippen MR) is 161 cm³/mol. The molecule has 0 unspecified atom stereocenters. The average molecular weight is 574 g/mol. The number of aromatic nitrogens is 2. The molecule has 0 aliphatic carbocycles. The van der Waals surface area contributed by atoms with Crippen LogP contribution in [-0.2, 0) is 10.1 Å². The van der Waals surface area contributed by atoms with Gasteiger partial charge in [-0.2, -0.15) is 8.42 Å². The fourth-order valence-electron chi connectivity index (χ4n) is 4.47. The summed E-state index contributed by atoms with van der Waals surface area (Å²) in [7, 11) is -4.02. The third kappa shape index (κ3) is 10.5. The van der Waals surface area contributed by atoms with Gasteiger partial charge in [-0.15, -0.1) is 0 Å². The van der Waals surface area contributed by atoms with Crippen LogP contribution in [0.3, 0.4) is 0 Å². The van der Waals surface area contributed by atoms with E-state index in [4.69, 9.17) is 4.55 Å². The Bertz CT molecular complexity index is 1360. The fraction of sp³-hybridized carbons (Fsp3) is 0.484. The molecule has 0 saturated heterocycles. The molecule has 3 aromatic rings. The number of hydrogen-bond donors (Lipinski definition) is 1. The van der Waals surface area contributed by atoms with Crippen molar-refractivity contribution in [3.63, 3.8) is 0 Å². The van der Waals surface area contributed by atoms with Crippen molar-refractivity contribution in [3.8, 4) is 5.69 Å². The van der Waals surface area contributed by atoms with Gasteiger partial charge in [0.25, 0.3) is 15.7 Å². The van der Waals surface area contributed by atoms with E-state index in [1.54, 1.807) is 26.0 Å². The van der Waals surface area contributed by atoms with Gasteiger partial charge in [-0.25, -0.2) is 9.37 Å². The van der Waals surface area contributed by atoms with Crippen molar-refractivity contribution in [2.45, 2.75) is 90.9 Å². The highest BCUT2D eigenvalue weighted by atomic mass is 32.2. The second-order valence-electron chi connectivity index (χ2n) is 10.2. The van der Waals surface area contributed by atoms with Gasteiger partial charge in [0, 0.05) is 30.9 Å². The maximum Gasteiger partial charge on any atom is 0.294 e. The minimum Gasteiger partial charge on any atom is -0.369 e. The molecular formula is C31H44FN3O4S. The van der Waals surface area contributed by atoms with Gasteiger partial charge in [-0.1, -0.05) is 70.1 Å². The highest BCUT2D eigenvalue weighted by Gasteiger charge is 2.14. The maximum absolute atomic E-state index is 15.1. The number of anilines is 1. The van der Waals surface area contributed by atoms with Gasteiger partial charge in [0.1, 0.15) is 11.6 Å². The zero-order valence-electron chi connectivity index (χ0n) is 24.5. The predicted octanol–water partition coefficient (Wildman–Crippen LogP) is 7.20. The van der Waals surface area contributed by atoms with E-state index in [0.29, 0.717) is 22.9 Å². The molecule has 0 fully saturated rings. The van der Waals surface area contributed by atoms with Crippen LogP contribution in [0, 0.1) is 26.6 Å². The van der Waals surface area contributed by atoms with E-state index in [1.165, 1.54) is 67.4 Å². The van der Waals surface area contributed by atoms with Gasteiger partial charge < -0.3 is 4.90 Å². The first-order chi connectivity index (χ1) is 19.0. The Balaban J connectivity index is 0.000000425. The number of aryl methyl sites for hydroxylation is 3. The normalized spacial score (nSPS) is 11.2. The van der Waals surface area contributed by atoms with Gasteiger partial charge in [-0.3, -0.25) is 13.9 Å². The first-order valence-corrected chi connectivity index (χ1v) is 15.6. The van der Waals surface area contributed by atoms with Crippen LogP contribution in [0.4, 0.5) is 10.1 Å². The van der Waals surface area contributed by atoms with E-state index in [0.717, 1.165) is 31.5 Å². The second kappa shape index (κ2) is 16.3. The Kier molecular flexibility index (Phi) is 13.5. The third-order valence-corrected chi connectivity index (χ3v) is 7.49. The van der Waals surface area contributed by atoms with Gasteiger partial charge in [0.15, 0.2) is 0 Å². The van der Waals surface area contributed by atoms with Crippen LogP contribution in [-0.4, -0.2) is 35.6 Å². The van der Waals surface area contributed by atoms with Gasteiger partial charge in [0.05, 0.1) is 16.3 Å². The summed E-state index contributed by atoms with van der Waals surface area (Å²) < 4.78 is 46.1. The third-order valence-electron chi connectivity index (χ3n) is 6.63. The van der Waals surface area contributed by atoms with Crippen LogP contribution >= 0.6 is 0 Å². The molecule has 1 N–H and O–H groups in total. The van der Waals surface area contributed by atoms with Crippen molar-refractivity contribution in [1.82, 2.24) is 9.55 Å². The standard InChI is InChI=1S/C24H36FN3O.C7H8O3S/c1-5-7-9-11-15-27(16-12-10-8-6-2)23-14-13-21(18-22(23)25)28-20(4)26-19(3)17-24(28)29;1-6-2-4-7(5-3-6)11(8,9)10/h13-14,17-18H,5-12,15-16H2,1-4H3;2-5H,1H3,(H,8,9,10). The summed E-state index contributed by atoms with van der Waals surface area (Å²) in [6.45, 7) is 11.5. The van der Waals surface area contributed by atoms with Crippen molar-refractivity contribution < 1.29 is 17.4 Å². The highest BCUT2D eigenvalue weighted by molar-refractivity contribution is 7.85. The Hall–Kier alpha value is -3.04. The highest BCUT2D eigenvalue weighted by Crippen LogP contribution is 2.24. The fourth-order valence-corrected chi connectivity index (χ4v) is 4.95. The van der Waals surface area contributed by atoms with Gasteiger partial charge in [0.2, 0.25) is 0 Å². The quantitative estimate of drug-likeness (QED) is 0.172. The summed E-state index contributed by atoms with van der Waals surface area (Å²) in [5.41, 5.74) is 2.60. The largest absolute Gasteiger partial charge is 0.369 e. The summed E-state index contributed by atoms with van der Waals surface area (Å²) in [6.07, 6.45) is 9.31. The van der Waals surface area contributed by atoms with Crippen LogP contribution in [0.1, 0.15) is 82.3 Å². The molecule has 0 saturated carbocycles. The molecular weight excluding hydrogens is 529 g/mol. The molecule has 220 valence electrons. The van der Waals surface area contributed by atoms with Crippen molar-refractivity contribution in [2.24, 2.45) is 0 Å². The number of hydrogen-bond acceptors (Lipinski definition) is 5. The van der Waals surface area contributed by atoms with E-state index < -0.39 is 10.1 Å². The Morgan fingerprint density at radius 1 is 0.850 bits per heavy atom. The summed E-state index contributed by atoms with van der Waals surface area (Å²) in [6, 6.07) is 12.6. The van der Waals surface area contributed by atoms with Crippen LogP contribution in [0.15, 0.2) is 58.2 Å². The Morgan fingerprint density at radius 3 is 1.90 bits per heavy atom. The van der Waals surface area contributed by atoms with Crippen LogP contribution < -0.4 is 10.5 Å². The smallest absolute Gasteiger partial charge is 0.294 e. The minimum absolute atomic E-state index is 0.0666. The van der Waals surface area contributed by atoms with Crippen molar-refractivity contribution in [3.05, 3.63) is 81.8 Å². The molecule has 1 aromatic heterocycles. The lowest BCUT2D eigenvalue weighted by atomic mass is 10.1. The molecule has 0 amide bonds. The number of unbranched alkanes of at least 4 members (excludes halogenated alkanes) is 6. The Morgan fingerprint density at radius 2 is 1.43 bits per heavy atom. The summed E-state index contributed by atoms with van der Waals surface area (Å²) in [5.74, 6) is 0.290. The molecule has 0 aliphatic heterocycles. The lowest BCUT2D eigenvalue weighted by Gasteiger charge is -2.26. The molecule has 0 radical (unpaired) electrons. The number of nitrogens with zero attached hydrogens (tertiary/aromatic N) is 3. The topological polar surface area (TPSA) is 92.5 Å². The summed E-state index contributed by atoms with van der Waals surface area (Å²) in [4.78, 5) is 18.8. The zero-order chi connectivity index (χ0) is 29.7. The van der Waals surface area contributed by atoms with Crippen LogP contribution in [0.2, 0.25) is 0 Å². The maximum atomic E-state index is 15.1. The molecule has 0 spiro atoms. The first-order valence-electron chi connectivity index (χ1n) is 14.1. The van der Waals surface area contributed by atoms with Crippen molar-refractivity contribution in [1.29, 1.82) is 0 Å². The van der Waals surface area contributed by atoms with Crippen molar-refractivity contribution >= 4 is 15.8 Å². The molecule has 40 heavy (non-hydrogen) atoms. The van der Waals surface area contributed by atoms with E-state index >= 15 is 4.39 Å². The number of rotatable bonds is 13. The summed E-state index contributed by atoms with van der Waals surface area (Å²) >= 11 is 0. The Labute approximate surface area is 238 Å². The molecule has 2 aromatic carbocycles. The van der Waals surface area contributed by atoms with Crippen LogP contribution in [0.5, 0.6) is 0 Å². The lowest BCUT2D eigenvalue weighted by Crippen LogP contribution is -2.27. The first kappa shape index (κ1) is 33.2. The van der Waals surface area contributed by atoms with E-state index in [1.807, 2.05) is 19.1 Å². The molecule has 0 aliphatic rings. The van der Waals surface area contributed by atoms with Gasteiger partial charge in [-0.05, 0) is 57.9 Å². The van der Waals surface area contributed by atoms with Gasteiger partial charge >= 0.3 is 0 Å². The number of halogens is 1. The number of benzene rings is 2. The molecule has 7 nitrogen and oxygen atoms in total. The summed E-state index contributed by atoms with van der Waals surface area (Å²) in [5, 5.41) is 0. The average Bonchev–Trinajstić information content (AvgIpc) is 2.88. The van der Waals surface area contributed by atoms with Crippen molar-refractivity contribution in [2.75, 3.05) is 18.0 Å². The van der Waals surface area contributed by atoms with E-state index in [2.05, 4.69) is 23.7 Å². The molecule has 0 bridgehead atoms. The lowest BCUT2D eigenvalue weighted by molar-refractivity contribution is 0.483. The monoisotopic (exact) mass is 573 g/mol. The zero-order valence-corrected chi connectivity index (χ0v) is 25.3. The van der Waals surface area contributed by atoms with E-state index in [9.17, 15) is 13.2 Å². The van der Waals surface area contributed by atoms with E-state index in [-0.39, 0.29) is 16.3 Å². The molecule has 1 heterocycles. The minimum atomic E-state index is -4.02. The SMILES string of the molecule is CCCCCCN(CCCCCC)c1ccc(-n2c(C)nc(C)cc2=O)cc1F.Cc1ccc(S(=O)(=O)O)cc1. The molecule has 3 rings (SSSR count). The second-order valence-corrected chi connectivity index (χ2v) is 11.6. The molecule has 0 atom stereocenters.